The van der Waals surface area contributed by atoms with Gasteiger partial charge in [0.05, 0.1) is 21.4 Å². The molecule has 12 aromatic rings. The van der Waals surface area contributed by atoms with Crippen LogP contribution in [0, 0.1) is 0 Å². The van der Waals surface area contributed by atoms with Gasteiger partial charge < -0.3 is 8.98 Å². The Bertz CT molecular complexity index is 3420. The average Bonchev–Trinajstić information content (AvgIpc) is 3.96. The molecule has 5 nitrogen and oxygen atoms in total. The van der Waals surface area contributed by atoms with E-state index in [2.05, 4.69) is 114 Å². The molecule has 6 heteroatoms. The second-order valence-corrected chi connectivity index (χ2v) is 15.4. The van der Waals surface area contributed by atoms with Crippen molar-refractivity contribution in [3.63, 3.8) is 0 Å². The number of para-hydroxylation sites is 2. The lowest BCUT2D eigenvalue weighted by atomic mass is 9.96. The number of aromatic nitrogens is 4. The third-order valence-corrected chi connectivity index (χ3v) is 12.3. The summed E-state index contributed by atoms with van der Waals surface area (Å²) in [6.45, 7) is 0. The molecular formula is C51H30N4OS. The summed E-state index contributed by atoms with van der Waals surface area (Å²) in [5, 5.41) is 7.05. The molecule has 0 amide bonds. The summed E-state index contributed by atoms with van der Waals surface area (Å²) in [4.78, 5) is 15.2. The fraction of sp³-hybridized carbons (Fsp3) is 0. The van der Waals surface area contributed by atoms with Crippen LogP contribution in [-0.4, -0.2) is 19.5 Å². The molecule has 266 valence electrons. The maximum absolute atomic E-state index is 6.60. The molecule has 0 aliphatic rings. The molecule has 4 heterocycles. The molecule has 0 aliphatic carbocycles. The molecule has 4 aromatic heterocycles. The van der Waals surface area contributed by atoms with Crippen LogP contribution in [0.3, 0.4) is 0 Å². The maximum Gasteiger partial charge on any atom is 0.164 e. The second-order valence-electron chi connectivity index (χ2n) is 14.3. The van der Waals surface area contributed by atoms with Crippen molar-refractivity contribution in [1.29, 1.82) is 0 Å². The normalized spacial score (nSPS) is 11.9. The Hall–Kier alpha value is -7.41. The van der Waals surface area contributed by atoms with Crippen LogP contribution < -0.4 is 0 Å². The minimum atomic E-state index is 0.600. The average molecular weight is 747 g/mol. The van der Waals surface area contributed by atoms with E-state index in [-0.39, 0.29) is 0 Å². The first-order valence-electron chi connectivity index (χ1n) is 19.0. The molecule has 8 aromatic carbocycles. The zero-order valence-electron chi connectivity index (χ0n) is 30.4. The Kier molecular flexibility index (Phi) is 7.03. The fourth-order valence-corrected chi connectivity index (χ4v) is 9.78. The molecular weight excluding hydrogens is 717 g/mol. The number of benzene rings is 8. The van der Waals surface area contributed by atoms with Gasteiger partial charge in [-0.15, -0.1) is 11.3 Å². The highest BCUT2D eigenvalue weighted by Gasteiger charge is 2.21. The minimum absolute atomic E-state index is 0.600. The van der Waals surface area contributed by atoms with Gasteiger partial charge in [0, 0.05) is 53.7 Å². The highest BCUT2D eigenvalue weighted by Crippen LogP contribution is 2.45. The molecule has 0 spiro atoms. The van der Waals surface area contributed by atoms with Gasteiger partial charge >= 0.3 is 0 Å². The van der Waals surface area contributed by atoms with Gasteiger partial charge in [-0.1, -0.05) is 146 Å². The third-order valence-electron chi connectivity index (χ3n) is 11.1. The Morgan fingerprint density at radius 3 is 1.61 bits per heavy atom. The van der Waals surface area contributed by atoms with Crippen molar-refractivity contribution in [2.45, 2.75) is 0 Å². The zero-order chi connectivity index (χ0) is 37.5. The predicted molar refractivity (Wildman–Crippen MR) is 236 cm³/mol. The van der Waals surface area contributed by atoms with Crippen molar-refractivity contribution in [2.24, 2.45) is 0 Å². The number of fused-ring (bicyclic) bond motifs is 9. The Labute approximate surface area is 330 Å². The van der Waals surface area contributed by atoms with E-state index in [1.165, 1.54) is 47.7 Å². The highest BCUT2D eigenvalue weighted by molar-refractivity contribution is 7.26. The van der Waals surface area contributed by atoms with Gasteiger partial charge in [0.2, 0.25) is 0 Å². The number of hydrogen-bond donors (Lipinski definition) is 0. The number of rotatable bonds is 5. The topological polar surface area (TPSA) is 56.7 Å². The summed E-state index contributed by atoms with van der Waals surface area (Å²) in [6, 6.07) is 63.7. The molecule has 0 radical (unpaired) electrons. The van der Waals surface area contributed by atoms with Crippen LogP contribution in [0.4, 0.5) is 0 Å². The monoisotopic (exact) mass is 746 g/mol. The third kappa shape index (κ3) is 4.98. The van der Waals surface area contributed by atoms with Gasteiger partial charge in [-0.05, 0) is 47.5 Å². The van der Waals surface area contributed by atoms with Crippen molar-refractivity contribution in [1.82, 2.24) is 19.5 Å². The van der Waals surface area contributed by atoms with Crippen molar-refractivity contribution in [3.8, 4) is 51.0 Å². The van der Waals surface area contributed by atoms with E-state index in [9.17, 15) is 0 Å². The van der Waals surface area contributed by atoms with Crippen LogP contribution in [0.25, 0.3) is 115 Å². The number of nitrogens with zero attached hydrogens (tertiary/aromatic N) is 4. The molecule has 0 saturated carbocycles. The molecule has 12 rings (SSSR count). The van der Waals surface area contributed by atoms with Gasteiger partial charge in [0.25, 0.3) is 0 Å². The first kappa shape index (κ1) is 31.9. The summed E-state index contributed by atoms with van der Waals surface area (Å²) in [5.41, 5.74) is 10.2. The van der Waals surface area contributed by atoms with Gasteiger partial charge in [-0.2, -0.15) is 0 Å². The highest BCUT2D eigenvalue weighted by atomic mass is 32.1. The first-order chi connectivity index (χ1) is 28.3. The largest absolute Gasteiger partial charge is 0.456 e. The predicted octanol–water partition coefficient (Wildman–Crippen LogP) is 13.9. The van der Waals surface area contributed by atoms with Crippen molar-refractivity contribution in [3.05, 3.63) is 182 Å². The number of furan rings is 1. The molecule has 0 N–H and O–H groups in total. The SMILES string of the molecule is c1ccc(-c2nc(-c3ccccc3)nc(-c3cccc4oc5cccc(-c6ccc7c(c6)sc6c(-n8c9ccccc9c9ccccc98)cccc67)c5c34)n2)cc1. The summed E-state index contributed by atoms with van der Waals surface area (Å²) >= 11 is 1.85. The smallest absolute Gasteiger partial charge is 0.164 e. The zero-order valence-corrected chi connectivity index (χ0v) is 31.2. The summed E-state index contributed by atoms with van der Waals surface area (Å²) < 4.78 is 11.5. The first-order valence-corrected chi connectivity index (χ1v) is 19.8. The number of thiophene rings is 1. The summed E-state index contributed by atoms with van der Waals surface area (Å²) in [6.07, 6.45) is 0. The summed E-state index contributed by atoms with van der Waals surface area (Å²) in [7, 11) is 0. The van der Waals surface area contributed by atoms with Crippen molar-refractivity contribution >= 4 is 75.3 Å². The molecule has 0 aliphatic heterocycles. The Morgan fingerprint density at radius 2 is 0.947 bits per heavy atom. The Balaban J connectivity index is 1.06. The lowest BCUT2D eigenvalue weighted by molar-refractivity contribution is 0.669. The molecule has 0 unspecified atom stereocenters. The van der Waals surface area contributed by atoms with Crippen molar-refractivity contribution < 1.29 is 4.42 Å². The molecule has 0 atom stereocenters. The van der Waals surface area contributed by atoms with E-state index in [1.807, 2.05) is 84.1 Å². The van der Waals surface area contributed by atoms with E-state index in [0.29, 0.717) is 17.5 Å². The van der Waals surface area contributed by atoms with Gasteiger partial charge in [-0.3, -0.25) is 0 Å². The maximum atomic E-state index is 6.60. The molecule has 0 saturated heterocycles. The van der Waals surface area contributed by atoms with Crippen LogP contribution in [0.1, 0.15) is 0 Å². The van der Waals surface area contributed by atoms with E-state index in [4.69, 9.17) is 19.4 Å². The van der Waals surface area contributed by atoms with Crippen LogP contribution in [-0.2, 0) is 0 Å². The van der Waals surface area contributed by atoms with Gasteiger partial charge in [-0.25, -0.2) is 15.0 Å². The molecule has 57 heavy (non-hydrogen) atoms. The molecule has 0 fully saturated rings. The van der Waals surface area contributed by atoms with E-state index < -0.39 is 0 Å². The number of hydrogen-bond acceptors (Lipinski definition) is 5. The second kappa shape index (κ2) is 12.6. The van der Waals surface area contributed by atoms with Crippen molar-refractivity contribution in [2.75, 3.05) is 0 Å². The van der Waals surface area contributed by atoms with Crippen LogP contribution in [0.5, 0.6) is 0 Å². The van der Waals surface area contributed by atoms with Gasteiger partial charge in [0.15, 0.2) is 17.5 Å². The Morgan fingerprint density at radius 1 is 0.404 bits per heavy atom. The van der Waals surface area contributed by atoms with Gasteiger partial charge in [0.1, 0.15) is 11.2 Å². The van der Waals surface area contributed by atoms with Crippen LogP contribution in [0.2, 0.25) is 0 Å². The van der Waals surface area contributed by atoms with E-state index >= 15 is 0 Å². The quantitative estimate of drug-likeness (QED) is 0.176. The lowest BCUT2D eigenvalue weighted by Gasteiger charge is -2.10. The molecule has 0 bridgehead atoms. The summed E-state index contributed by atoms with van der Waals surface area (Å²) in [5.74, 6) is 1.85. The standard InChI is InChI=1S/C51H30N4OS/c1-3-14-31(15-4-1)49-52-50(32-16-5-2-6-17-32)54-51(53-49)39-22-13-27-44-47(39)46-34(20-12-26-43(46)56-44)33-28-29-37-38-21-11-25-42(48(38)57-45(37)30-33)55-40-23-9-7-18-35(40)36-19-8-10-24-41(36)55/h1-30H. The lowest BCUT2D eigenvalue weighted by Crippen LogP contribution is -2.00. The minimum Gasteiger partial charge on any atom is -0.456 e. The van der Waals surface area contributed by atoms with Crippen LogP contribution in [0.15, 0.2) is 186 Å². The van der Waals surface area contributed by atoms with Crippen LogP contribution >= 0.6 is 11.3 Å². The van der Waals surface area contributed by atoms with E-state index in [0.717, 1.165) is 49.8 Å². The fourth-order valence-electron chi connectivity index (χ4n) is 8.53. The van der Waals surface area contributed by atoms with E-state index in [1.54, 1.807) is 0 Å².